The molecule has 1 aromatic heterocycles. The fraction of sp³-hybridized carbons (Fsp3) is 0.393. The maximum atomic E-state index is 13.5. The van der Waals surface area contributed by atoms with Crippen LogP contribution in [0.1, 0.15) is 60.2 Å². The number of piperazine rings is 1. The molecule has 6 nitrogen and oxygen atoms in total. The molecule has 0 saturated carbocycles. The summed E-state index contributed by atoms with van der Waals surface area (Å²) < 4.78 is 0. The third kappa shape index (κ3) is 5.05. The highest BCUT2D eigenvalue weighted by molar-refractivity contribution is 5.96. The van der Waals surface area contributed by atoms with Gasteiger partial charge in [0.15, 0.2) is 0 Å². The molecule has 0 bridgehead atoms. The Balaban J connectivity index is 1.66. The van der Waals surface area contributed by atoms with Gasteiger partial charge in [-0.1, -0.05) is 44.0 Å². The normalized spacial score (nSPS) is 17.5. The molecular weight excluding hydrogens is 422 g/mol. The third-order valence-corrected chi connectivity index (χ3v) is 7.03. The summed E-state index contributed by atoms with van der Waals surface area (Å²) in [6.45, 7) is 7.45. The van der Waals surface area contributed by atoms with E-state index >= 15 is 0 Å². The van der Waals surface area contributed by atoms with E-state index in [1.807, 2.05) is 41.4 Å². The van der Waals surface area contributed by atoms with Gasteiger partial charge in [-0.15, -0.1) is 0 Å². The number of aromatic amines is 1. The molecule has 34 heavy (non-hydrogen) atoms. The number of anilines is 1. The van der Waals surface area contributed by atoms with Crippen molar-refractivity contribution in [2.45, 2.75) is 58.5 Å². The van der Waals surface area contributed by atoms with Gasteiger partial charge >= 0.3 is 0 Å². The Morgan fingerprint density at radius 2 is 2.00 bits per heavy atom. The second kappa shape index (κ2) is 10.7. The van der Waals surface area contributed by atoms with Crippen LogP contribution in [0.3, 0.4) is 0 Å². The van der Waals surface area contributed by atoms with Crippen LogP contribution in [0.25, 0.3) is 0 Å². The van der Waals surface area contributed by atoms with E-state index in [0.29, 0.717) is 18.7 Å². The van der Waals surface area contributed by atoms with Crippen molar-refractivity contribution in [3.05, 3.63) is 82.9 Å². The number of aromatic nitrogens is 2. The Morgan fingerprint density at radius 3 is 2.68 bits per heavy atom. The van der Waals surface area contributed by atoms with Gasteiger partial charge in [-0.2, -0.15) is 5.26 Å². The minimum Gasteiger partial charge on any atom is -0.347 e. The lowest BCUT2D eigenvalue weighted by Crippen LogP contribution is -2.57. The molecule has 2 atom stereocenters. The van der Waals surface area contributed by atoms with Crippen molar-refractivity contribution in [3.8, 4) is 6.07 Å². The number of hydrogen-bond acceptors (Lipinski definition) is 4. The molecule has 1 fully saturated rings. The SMILES string of the molecule is CCCC[C@H]1CN(c2cccc(C)c2C)C(=O)CN1C(Cc1ccc(C#N)cc1)c1cnc[nH]1. The van der Waals surface area contributed by atoms with Crippen molar-refractivity contribution >= 4 is 11.6 Å². The topological polar surface area (TPSA) is 76.0 Å². The molecule has 1 aliphatic rings. The highest BCUT2D eigenvalue weighted by Gasteiger charge is 2.38. The summed E-state index contributed by atoms with van der Waals surface area (Å²) in [7, 11) is 0. The van der Waals surface area contributed by atoms with E-state index in [4.69, 9.17) is 5.26 Å². The summed E-state index contributed by atoms with van der Waals surface area (Å²) in [6, 6.07) is 16.4. The Morgan fingerprint density at radius 1 is 1.21 bits per heavy atom. The van der Waals surface area contributed by atoms with Crippen molar-refractivity contribution in [2.24, 2.45) is 0 Å². The van der Waals surface area contributed by atoms with Crippen molar-refractivity contribution in [2.75, 3.05) is 18.0 Å². The Labute approximate surface area is 202 Å². The minimum atomic E-state index is 0.00185. The Kier molecular flexibility index (Phi) is 7.44. The molecule has 4 rings (SSSR count). The van der Waals surface area contributed by atoms with Crippen LogP contribution in [0.15, 0.2) is 55.0 Å². The zero-order valence-corrected chi connectivity index (χ0v) is 20.3. The van der Waals surface area contributed by atoms with Crippen LogP contribution in [-0.4, -0.2) is 39.9 Å². The van der Waals surface area contributed by atoms with E-state index in [0.717, 1.165) is 42.6 Å². The molecule has 2 aromatic carbocycles. The second-order valence-electron chi connectivity index (χ2n) is 9.23. The van der Waals surface area contributed by atoms with Gasteiger partial charge in [0.1, 0.15) is 0 Å². The summed E-state index contributed by atoms with van der Waals surface area (Å²) in [4.78, 5) is 25.5. The number of amides is 1. The molecule has 0 spiro atoms. The molecule has 1 amide bonds. The van der Waals surface area contributed by atoms with Crippen LogP contribution in [-0.2, 0) is 11.2 Å². The van der Waals surface area contributed by atoms with E-state index in [-0.39, 0.29) is 18.0 Å². The van der Waals surface area contributed by atoms with Gasteiger partial charge in [-0.3, -0.25) is 9.69 Å². The summed E-state index contributed by atoms with van der Waals surface area (Å²) in [6.07, 6.45) is 7.58. The summed E-state index contributed by atoms with van der Waals surface area (Å²) in [5.41, 5.74) is 6.20. The average molecular weight is 456 g/mol. The number of hydrogen-bond donors (Lipinski definition) is 1. The number of H-pyrrole nitrogens is 1. The summed E-state index contributed by atoms with van der Waals surface area (Å²) >= 11 is 0. The quantitative estimate of drug-likeness (QED) is 0.513. The molecule has 6 heteroatoms. The number of imidazole rings is 1. The third-order valence-electron chi connectivity index (χ3n) is 7.03. The predicted octanol–water partition coefficient (Wildman–Crippen LogP) is 5.09. The lowest BCUT2D eigenvalue weighted by molar-refractivity contribution is -0.123. The number of nitrogens with zero attached hydrogens (tertiary/aromatic N) is 4. The van der Waals surface area contributed by atoms with Gasteiger partial charge in [-0.25, -0.2) is 4.98 Å². The van der Waals surface area contributed by atoms with E-state index in [1.54, 1.807) is 6.33 Å². The first-order chi connectivity index (χ1) is 16.5. The van der Waals surface area contributed by atoms with E-state index in [9.17, 15) is 4.79 Å². The minimum absolute atomic E-state index is 0.00185. The van der Waals surface area contributed by atoms with E-state index in [1.165, 1.54) is 11.1 Å². The number of nitrogens with one attached hydrogen (secondary N) is 1. The average Bonchev–Trinajstić information content (AvgIpc) is 3.39. The van der Waals surface area contributed by atoms with Crippen molar-refractivity contribution in [3.63, 3.8) is 0 Å². The molecule has 1 saturated heterocycles. The van der Waals surface area contributed by atoms with Gasteiger partial charge in [0.2, 0.25) is 5.91 Å². The van der Waals surface area contributed by atoms with Gasteiger partial charge in [0.25, 0.3) is 0 Å². The standard InChI is InChI=1S/C28H33N5O/c1-4-5-8-24-17-33(26-9-6-7-20(2)21(26)3)28(34)18-32(24)27(25-16-30-19-31-25)14-22-10-12-23(15-29)13-11-22/h6-7,9-13,16,19,24,27H,4-5,8,14,17-18H2,1-3H3,(H,30,31)/t24-,27?/m0/s1. The fourth-order valence-electron chi connectivity index (χ4n) is 4.90. The molecule has 3 aromatic rings. The van der Waals surface area contributed by atoms with Crippen LogP contribution in [0.2, 0.25) is 0 Å². The maximum absolute atomic E-state index is 13.5. The summed E-state index contributed by atoms with van der Waals surface area (Å²) in [5, 5.41) is 9.15. The number of rotatable bonds is 8. The molecular formula is C28H33N5O. The number of nitriles is 1. The summed E-state index contributed by atoms with van der Waals surface area (Å²) in [5.74, 6) is 0.130. The van der Waals surface area contributed by atoms with Crippen LogP contribution in [0.4, 0.5) is 5.69 Å². The van der Waals surface area contributed by atoms with Gasteiger partial charge < -0.3 is 9.88 Å². The number of aryl methyl sites for hydroxylation is 1. The monoisotopic (exact) mass is 455 g/mol. The fourth-order valence-corrected chi connectivity index (χ4v) is 4.90. The van der Waals surface area contributed by atoms with Crippen LogP contribution in [0, 0.1) is 25.2 Å². The maximum Gasteiger partial charge on any atom is 0.241 e. The largest absolute Gasteiger partial charge is 0.347 e. The van der Waals surface area contributed by atoms with Crippen molar-refractivity contribution in [1.29, 1.82) is 5.26 Å². The number of carbonyl (C=O) groups is 1. The van der Waals surface area contributed by atoms with Crippen LogP contribution in [0.5, 0.6) is 0 Å². The van der Waals surface area contributed by atoms with Crippen LogP contribution >= 0.6 is 0 Å². The molecule has 1 unspecified atom stereocenters. The molecule has 1 N–H and O–H groups in total. The van der Waals surface area contributed by atoms with Crippen molar-refractivity contribution < 1.29 is 4.79 Å². The lowest BCUT2D eigenvalue weighted by atomic mass is 9.95. The highest BCUT2D eigenvalue weighted by atomic mass is 16.2. The molecule has 1 aliphatic heterocycles. The van der Waals surface area contributed by atoms with E-state index in [2.05, 4.69) is 53.8 Å². The van der Waals surface area contributed by atoms with Gasteiger partial charge in [0, 0.05) is 24.5 Å². The molecule has 2 heterocycles. The number of benzene rings is 2. The number of carbonyl (C=O) groups excluding carboxylic acids is 1. The zero-order valence-electron chi connectivity index (χ0n) is 20.3. The Hall–Kier alpha value is -3.43. The first-order valence-electron chi connectivity index (χ1n) is 12.1. The zero-order chi connectivity index (χ0) is 24.1. The van der Waals surface area contributed by atoms with Gasteiger partial charge in [0.05, 0.1) is 36.2 Å². The van der Waals surface area contributed by atoms with Crippen LogP contribution < -0.4 is 4.90 Å². The highest BCUT2D eigenvalue weighted by Crippen LogP contribution is 2.33. The van der Waals surface area contributed by atoms with Crippen molar-refractivity contribution in [1.82, 2.24) is 14.9 Å². The molecule has 0 radical (unpaired) electrons. The number of unbranched alkanes of at least 4 members (excludes halogenated alkanes) is 1. The molecule has 176 valence electrons. The first kappa shape index (κ1) is 23.7. The lowest BCUT2D eigenvalue weighted by Gasteiger charge is -2.45. The first-order valence-corrected chi connectivity index (χ1v) is 12.1. The van der Waals surface area contributed by atoms with E-state index < -0.39 is 0 Å². The molecule has 0 aliphatic carbocycles. The Bertz CT molecular complexity index is 1150. The van der Waals surface area contributed by atoms with Gasteiger partial charge in [-0.05, 0) is 61.6 Å². The second-order valence-corrected chi connectivity index (χ2v) is 9.23. The smallest absolute Gasteiger partial charge is 0.241 e. The predicted molar refractivity (Wildman–Crippen MR) is 134 cm³/mol.